The maximum atomic E-state index is 10.8. The van der Waals surface area contributed by atoms with E-state index in [1.807, 2.05) is 6.92 Å². The van der Waals surface area contributed by atoms with E-state index in [1.165, 1.54) is 0 Å². The van der Waals surface area contributed by atoms with Gasteiger partial charge in [-0.2, -0.15) is 0 Å². The molecule has 3 heteroatoms. The van der Waals surface area contributed by atoms with E-state index in [1.54, 1.807) is 0 Å². The van der Waals surface area contributed by atoms with Gasteiger partial charge >= 0.3 is 5.97 Å². The molecule has 0 aromatic rings. The van der Waals surface area contributed by atoms with Crippen LogP contribution in [0, 0.1) is 5.92 Å². The highest BCUT2D eigenvalue weighted by molar-refractivity contribution is 5.72. The Bertz CT molecular complexity index is 178. The Kier molecular flexibility index (Phi) is 1.06. The van der Waals surface area contributed by atoms with Gasteiger partial charge in [-0.3, -0.25) is 4.79 Å². The molecule has 2 saturated heterocycles. The van der Waals surface area contributed by atoms with Crippen LogP contribution in [-0.4, -0.2) is 18.4 Å². The summed E-state index contributed by atoms with van der Waals surface area (Å²) in [6.45, 7) is 2.57. The summed E-state index contributed by atoms with van der Waals surface area (Å²) in [4.78, 5) is 10.8. The van der Waals surface area contributed by atoms with Gasteiger partial charge in [0.05, 0.1) is 13.0 Å². The third kappa shape index (κ3) is 0.669. The molecule has 56 valence electrons. The summed E-state index contributed by atoms with van der Waals surface area (Å²) in [5.74, 6) is -0.385. The number of carbonyl (C=O) groups excluding carboxylic acids is 1. The van der Waals surface area contributed by atoms with Crippen LogP contribution in [0.25, 0.3) is 0 Å². The van der Waals surface area contributed by atoms with Gasteiger partial charge in [0.15, 0.2) is 0 Å². The Morgan fingerprint density at radius 1 is 1.70 bits per heavy atom. The molecule has 2 aliphatic rings. The van der Waals surface area contributed by atoms with Gasteiger partial charge in [0.1, 0.15) is 0 Å². The van der Waals surface area contributed by atoms with Crippen molar-refractivity contribution in [2.75, 3.05) is 6.61 Å². The first-order valence-corrected chi connectivity index (χ1v) is 3.56. The van der Waals surface area contributed by atoms with Crippen LogP contribution in [-0.2, 0) is 14.3 Å². The van der Waals surface area contributed by atoms with Gasteiger partial charge in [-0.1, -0.05) is 0 Å². The van der Waals surface area contributed by atoms with Gasteiger partial charge in [0.2, 0.25) is 5.79 Å². The second-order valence-corrected chi connectivity index (χ2v) is 3.03. The average molecular weight is 142 g/mol. The Labute approximate surface area is 59.3 Å². The zero-order valence-electron chi connectivity index (χ0n) is 5.92. The molecule has 0 aliphatic carbocycles. The Hall–Kier alpha value is -0.570. The molecule has 0 saturated carbocycles. The monoisotopic (exact) mass is 142 g/mol. The molecule has 0 unspecified atom stereocenters. The Balaban J connectivity index is 2.22. The van der Waals surface area contributed by atoms with E-state index >= 15 is 0 Å². The molecule has 0 spiro atoms. The van der Waals surface area contributed by atoms with Gasteiger partial charge in [-0.05, 0) is 6.42 Å². The topological polar surface area (TPSA) is 35.5 Å². The van der Waals surface area contributed by atoms with Crippen LogP contribution in [0.2, 0.25) is 0 Å². The highest BCUT2D eigenvalue weighted by Crippen LogP contribution is 2.40. The molecule has 0 amide bonds. The third-order valence-electron chi connectivity index (χ3n) is 2.33. The van der Waals surface area contributed by atoms with Crippen LogP contribution >= 0.6 is 0 Å². The molecule has 2 aliphatic heterocycles. The van der Waals surface area contributed by atoms with Gasteiger partial charge in [0.25, 0.3) is 0 Å². The second kappa shape index (κ2) is 1.72. The van der Waals surface area contributed by atoms with Gasteiger partial charge in [-0.25, -0.2) is 0 Å². The first kappa shape index (κ1) is 6.16. The van der Waals surface area contributed by atoms with Crippen LogP contribution in [0.3, 0.4) is 0 Å². The predicted octanol–water partition coefficient (Wildman–Crippen LogP) is 0.686. The largest absolute Gasteiger partial charge is 0.433 e. The van der Waals surface area contributed by atoms with E-state index in [0.29, 0.717) is 12.3 Å². The zero-order valence-corrected chi connectivity index (χ0v) is 5.92. The number of hydrogen-bond acceptors (Lipinski definition) is 3. The summed E-state index contributed by atoms with van der Waals surface area (Å²) in [7, 11) is 0. The Morgan fingerprint density at radius 2 is 2.50 bits per heavy atom. The quantitative estimate of drug-likeness (QED) is 0.467. The highest BCUT2D eigenvalue weighted by Gasteiger charge is 2.50. The van der Waals surface area contributed by atoms with Crippen LogP contribution in [0.5, 0.6) is 0 Å². The van der Waals surface area contributed by atoms with Crippen molar-refractivity contribution in [1.29, 1.82) is 0 Å². The molecule has 0 bridgehead atoms. The first-order valence-electron chi connectivity index (χ1n) is 3.56. The van der Waals surface area contributed by atoms with Crippen molar-refractivity contribution < 1.29 is 14.3 Å². The summed E-state index contributed by atoms with van der Waals surface area (Å²) in [6.07, 6.45) is 1.50. The predicted molar refractivity (Wildman–Crippen MR) is 33.2 cm³/mol. The molecule has 0 N–H and O–H groups in total. The summed E-state index contributed by atoms with van der Waals surface area (Å²) in [5, 5.41) is 0. The molecule has 3 nitrogen and oxygen atoms in total. The average Bonchev–Trinajstić information content (AvgIpc) is 2.20. The smallest absolute Gasteiger partial charge is 0.308 e. The van der Waals surface area contributed by atoms with Gasteiger partial charge < -0.3 is 9.47 Å². The van der Waals surface area contributed by atoms with Crippen molar-refractivity contribution in [2.24, 2.45) is 5.92 Å². The lowest BCUT2D eigenvalue weighted by Crippen LogP contribution is -2.28. The van der Waals surface area contributed by atoms with E-state index in [4.69, 9.17) is 9.47 Å². The molecule has 2 atom stereocenters. The van der Waals surface area contributed by atoms with Crippen molar-refractivity contribution in [3.05, 3.63) is 0 Å². The lowest BCUT2D eigenvalue weighted by atomic mass is 9.99. The van der Waals surface area contributed by atoms with E-state index in [-0.39, 0.29) is 5.97 Å². The first-order chi connectivity index (χ1) is 4.71. The van der Waals surface area contributed by atoms with Crippen LogP contribution in [0.15, 0.2) is 0 Å². The van der Waals surface area contributed by atoms with E-state index in [0.717, 1.165) is 13.0 Å². The van der Waals surface area contributed by atoms with Gasteiger partial charge in [-0.15, -0.1) is 0 Å². The van der Waals surface area contributed by atoms with Crippen molar-refractivity contribution in [2.45, 2.75) is 25.6 Å². The van der Waals surface area contributed by atoms with Crippen LogP contribution < -0.4 is 0 Å². The number of carbonyl (C=O) groups is 1. The van der Waals surface area contributed by atoms with E-state index < -0.39 is 5.79 Å². The molecule has 0 radical (unpaired) electrons. The number of hydrogen-bond donors (Lipinski definition) is 0. The highest BCUT2D eigenvalue weighted by atomic mass is 16.7. The fraction of sp³-hybridized carbons (Fsp3) is 0.857. The fourth-order valence-electron chi connectivity index (χ4n) is 1.65. The number of esters is 1. The van der Waals surface area contributed by atoms with E-state index in [2.05, 4.69) is 0 Å². The fourth-order valence-corrected chi connectivity index (χ4v) is 1.65. The summed E-state index contributed by atoms with van der Waals surface area (Å²) < 4.78 is 10.3. The molecular formula is C7H10O3. The maximum absolute atomic E-state index is 10.8. The number of rotatable bonds is 0. The molecule has 2 fully saturated rings. The van der Waals surface area contributed by atoms with Gasteiger partial charge in [0, 0.05) is 12.8 Å². The SMILES string of the molecule is C[C@]12OCC[C@@H]1CC(=O)O2. The van der Waals surface area contributed by atoms with Crippen LogP contribution in [0.4, 0.5) is 0 Å². The summed E-state index contributed by atoms with van der Waals surface area (Å²) >= 11 is 0. The minimum atomic E-state index is -0.572. The third-order valence-corrected chi connectivity index (χ3v) is 2.33. The second-order valence-electron chi connectivity index (χ2n) is 3.03. The minimum absolute atomic E-state index is 0.118. The molecule has 10 heavy (non-hydrogen) atoms. The minimum Gasteiger partial charge on any atom is -0.433 e. The number of fused-ring (bicyclic) bond motifs is 1. The standard InChI is InChI=1S/C7H10O3/c1-7-5(2-3-9-7)4-6(8)10-7/h5H,2-4H2,1H3/t5-,7-/m1/s1. The molecular weight excluding hydrogens is 132 g/mol. The lowest BCUT2D eigenvalue weighted by Gasteiger charge is -2.20. The maximum Gasteiger partial charge on any atom is 0.308 e. The van der Waals surface area contributed by atoms with Crippen molar-refractivity contribution in [3.63, 3.8) is 0 Å². The normalized spacial score (nSPS) is 45.3. The summed E-state index contributed by atoms with van der Waals surface area (Å²) in [6, 6.07) is 0. The molecule has 2 heterocycles. The Morgan fingerprint density at radius 3 is 3.20 bits per heavy atom. The van der Waals surface area contributed by atoms with Crippen molar-refractivity contribution in [1.82, 2.24) is 0 Å². The number of ether oxygens (including phenoxy) is 2. The lowest BCUT2D eigenvalue weighted by molar-refractivity contribution is -0.193. The van der Waals surface area contributed by atoms with Crippen molar-refractivity contribution >= 4 is 5.97 Å². The van der Waals surface area contributed by atoms with Crippen molar-refractivity contribution in [3.8, 4) is 0 Å². The molecule has 0 aromatic heterocycles. The molecule has 2 rings (SSSR count). The van der Waals surface area contributed by atoms with Crippen LogP contribution in [0.1, 0.15) is 19.8 Å². The van der Waals surface area contributed by atoms with E-state index in [9.17, 15) is 4.79 Å². The zero-order chi connectivity index (χ0) is 7.19. The summed E-state index contributed by atoms with van der Waals surface area (Å²) in [5.41, 5.74) is 0. The molecule has 0 aromatic carbocycles.